The van der Waals surface area contributed by atoms with Crippen molar-refractivity contribution in [2.24, 2.45) is 0 Å². The summed E-state index contributed by atoms with van der Waals surface area (Å²) in [6.07, 6.45) is -1.20. The lowest BCUT2D eigenvalue weighted by Gasteiger charge is -2.21. The molecule has 0 amide bonds. The van der Waals surface area contributed by atoms with Crippen LogP contribution in [0.5, 0.6) is 0 Å². The van der Waals surface area contributed by atoms with Crippen LogP contribution in [0, 0.1) is 0 Å². The van der Waals surface area contributed by atoms with Crippen molar-refractivity contribution in [1.29, 1.82) is 0 Å². The van der Waals surface area contributed by atoms with Gasteiger partial charge in [0.2, 0.25) is 0 Å². The summed E-state index contributed by atoms with van der Waals surface area (Å²) in [6, 6.07) is 19.9. The molecule has 1 heterocycles. The van der Waals surface area contributed by atoms with Gasteiger partial charge in [0, 0.05) is 0 Å². The monoisotopic (exact) mass is 314 g/mol. The van der Waals surface area contributed by atoms with E-state index in [0.29, 0.717) is 26.4 Å². The van der Waals surface area contributed by atoms with Crippen molar-refractivity contribution in [2.45, 2.75) is 31.5 Å². The minimum atomic E-state index is -0.607. The Hall–Kier alpha value is -1.72. The maximum atomic E-state index is 10.0. The third-order valence-corrected chi connectivity index (χ3v) is 3.91. The first-order valence-electron chi connectivity index (χ1n) is 7.90. The normalized spacial score (nSPS) is 24.0. The first-order chi connectivity index (χ1) is 11.3. The molecule has 1 aliphatic heterocycles. The molecule has 0 radical (unpaired) electrons. The van der Waals surface area contributed by atoms with E-state index in [1.807, 2.05) is 60.7 Å². The maximum Gasteiger partial charge on any atom is 0.114 e. The summed E-state index contributed by atoms with van der Waals surface area (Å²) in [4.78, 5) is 0. The van der Waals surface area contributed by atoms with Crippen LogP contribution in [0.4, 0.5) is 0 Å². The van der Waals surface area contributed by atoms with Crippen LogP contribution in [0.3, 0.4) is 0 Å². The highest BCUT2D eigenvalue weighted by Crippen LogP contribution is 2.20. The summed E-state index contributed by atoms with van der Waals surface area (Å²) < 4.78 is 17.2. The number of rotatable bonds is 7. The molecular formula is C19H22O4. The maximum absolute atomic E-state index is 10.0. The van der Waals surface area contributed by atoms with E-state index in [2.05, 4.69) is 0 Å². The summed E-state index contributed by atoms with van der Waals surface area (Å²) >= 11 is 0. The molecule has 0 aliphatic carbocycles. The molecule has 3 rings (SSSR count). The third-order valence-electron chi connectivity index (χ3n) is 3.91. The SMILES string of the molecule is O[C@@H]1CO[C@H](COCc2ccccc2)[C@H]1OCc1ccccc1. The minimum absolute atomic E-state index is 0.238. The molecule has 0 saturated carbocycles. The van der Waals surface area contributed by atoms with Gasteiger partial charge < -0.3 is 19.3 Å². The van der Waals surface area contributed by atoms with E-state index >= 15 is 0 Å². The van der Waals surface area contributed by atoms with Crippen LogP contribution in [0.1, 0.15) is 11.1 Å². The van der Waals surface area contributed by atoms with E-state index in [1.54, 1.807) is 0 Å². The number of ether oxygens (including phenoxy) is 3. The Kier molecular flexibility index (Phi) is 5.77. The van der Waals surface area contributed by atoms with E-state index in [-0.39, 0.29) is 12.2 Å². The van der Waals surface area contributed by atoms with Crippen LogP contribution in [-0.4, -0.2) is 36.6 Å². The molecule has 0 bridgehead atoms. The van der Waals surface area contributed by atoms with Crippen LogP contribution in [0.25, 0.3) is 0 Å². The van der Waals surface area contributed by atoms with E-state index < -0.39 is 6.10 Å². The molecule has 4 nitrogen and oxygen atoms in total. The van der Waals surface area contributed by atoms with E-state index in [0.717, 1.165) is 11.1 Å². The molecule has 1 N–H and O–H groups in total. The van der Waals surface area contributed by atoms with Crippen molar-refractivity contribution in [3.8, 4) is 0 Å². The van der Waals surface area contributed by atoms with Gasteiger partial charge in [0.1, 0.15) is 18.3 Å². The quantitative estimate of drug-likeness (QED) is 0.853. The summed E-state index contributed by atoms with van der Waals surface area (Å²) in [5.74, 6) is 0. The fraction of sp³-hybridized carbons (Fsp3) is 0.368. The molecule has 23 heavy (non-hydrogen) atoms. The van der Waals surface area contributed by atoms with Crippen LogP contribution in [0.2, 0.25) is 0 Å². The highest BCUT2D eigenvalue weighted by molar-refractivity contribution is 5.14. The largest absolute Gasteiger partial charge is 0.388 e. The smallest absolute Gasteiger partial charge is 0.114 e. The number of benzene rings is 2. The van der Waals surface area contributed by atoms with Gasteiger partial charge in [-0.2, -0.15) is 0 Å². The van der Waals surface area contributed by atoms with Gasteiger partial charge in [-0.05, 0) is 11.1 Å². The zero-order chi connectivity index (χ0) is 15.9. The van der Waals surface area contributed by atoms with Gasteiger partial charge >= 0.3 is 0 Å². The number of aliphatic hydroxyl groups is 1. The molecule has 122 valence electrons. The van der Waals surface area contributed by atoms with Crippen molar-refractivity contribution in [3.63, 3.8) is 0 Å². The fourth-order valence-electron chi connectivity index (χ4n) is 2.65. The predicted molar refractivity (Wildman–Crippen MR) is 86.9 cm³/mol. The summed E-state index contributed by atoms with van der Waals surface area (Å²) in [5, 5.41) is 10.0. The van der Waals surface area contributed by atoms with Crippen molar-refractivity contribution in [2.75, 3.05) is 13.2 Å². The Labute approximate surface area is 136 Å². The summed E-state index contributed by atoms with van der Waals surface area (Å²) in [7, 11) is 0. The third kappa shape index (κ3) is 4.62. The molecule has 3 atom stereocenters. The highest BCUT2D eigenvalue weighted by atomic mass is 16.6. The van der Waals surface area contributed by atoms with Gasteiger partial charge in [-0.3, -0.25) is 0 Å². The average molecular weight is 314 g/mol. The Morgan fingerprint density at radius 2 is 1.52 bits per heavy atom. The molecule has 0 spiro atoms. The molecular weight excluding hydrogens is 292 g/mol. The Morgan fingerprint density at radius 1 is 0.913 bits per heavy atom. The topological polar surface area (TPSA) is 47.9 Å². The minimum Gasteiger partial charge on any atom is -0.388 e. The van der Waals surface area contributed by atoms with Crippen LogP contribution >= 0.6 is 0 Å². The molecule has 1 aliphatic rings. The van der Waals surface area contributed by atoms with Gasteiger partial charge in [-0.15, -0.1) is 0 Å². The summed E-state index contributed by atoms with van der Waals surface area (Å²) in [5.41, 5.74) is 2.20. The second-order valence-corrected chi connectivity index (χ2v) is 5.70. The fourth-order valence-corrected chi connectivity index (χ4v) is 2.65. The van der Waals surface area contributed by atoms with Crippen molar-refractivity contribution in [1.82, 2.24) is 0 Å². The van der Waals surface area contributed by atoms with Crippen LogP contribution < -0.4 is 0 Å². The Morgan fingerprint density at radius 3 is 2.17 bits per heavy atom. The lowest BCUT2D eigenvalue weighted by atomic mass is 10.1. The van der Waals surface area contributed by atoms with E-state index in [1.165, 1.54) is 0 Å². The van der Waals surface area contributed by atoms with E-state index in [9.17, 15) is 5.11 Å². The van der Waals surface area contributed by atoms with Crippen LogP contribution in [0.15, 0.2) is 60.7 Å². The molecule has 2 aromatic rings. The first kappa shape index (κ1) is 16.1. The number of aliphatic hydroxyl groups excluding tert-OH is 1. The Bertz CT molecular complexity index is 572. The van der Waals surface area contributed by atoms with Gasteiger partial charge in [0.25, 0.3) is 0 Å². The van der Waals surface area contributed by atoms with Gasteiger partial charge in [0.15, 0.2) is 0 Å². The van der Waals surface area contributed by atoms with Gasteiger partial charge in [-0.1, -0.05) is 60.7 Å². The lowest BCUT2D eigenvalue weighted by molar-refractivity contribution is -0.0741. The number of hydrogen-bond donors (Lipinski definition) is 1. The second-order valence-electron chi connectivity index (χ2n) is 5.70. The average Bonchev–Trinajstić information content (AvgIpc) is 2.95. The standard InChI is InChI=1S/C19H22O4/c20-17-13-22-18(14-21-11-15-7-3-1-4-8-15)19(17)23-12-16-9-5-2-6-10-16/h1-10,17-20H,11-14H2/t17-,18-,19+/m1/s1. The Balaban J connectivity index is 1.48. The molecule has 1 fully saturated rings. The molecule has 0 unspecified atom stereocenters. The summed E-state index contributed by atoms with van der Waals surface area (Å²) in [6.45, 7) is 1.69. The zero-order valence-electron chi connectivity index (χ0n) is 13.0. The molecule has 4 heteroatoms. The van der Waals surface area contributed by atoms with Crippen molar-refractivity contribution >= 4 is 0 Å². The van der Waals surface area contributed by atoms with Gasteiger partial charge in [0.05, 0.1) is 26.4 Å². The van der Waals surface area contributed by atoms with E-state index in [4.69, 9.17) is 14.2 Å². The van der Waals surface area contributed by atoms with Crippen LogP contribution in [-0.2, 0) is 27.4 Å². The molecule has 2 aromatic carbocycles. The first-order valence-corrected chi connectivity index (χ1v) is 7.90. The lowest BCUT2D eigenvalue weighted by Crippen LogP contribution is -2.35. The number of hydrogen-bond acceptors (Lipinski definition) is 4. The highest BCUT2D eigenvalue weighted by Gasteiger charge is 2.37. The zero-order valence-corrected chi connectivity index (χ0v) is 13.0. The van der Waals surface area contributed by atoms with Gasteiger partial charge in [-0.25, -0.2) is 0 Å². The molecule has 0 aromatic heterocycles. The van der Waals surface area contributed by atoms with Crippen molar-refractivity contribution < 1.29 is 19.3 Å². The van der Waals surface area contributed by atoms with Crippen molar-refractivity contribution in [3.05, 3.63) is 71.8 Å². The second kappa shape index (κ2) is 8.22. The molecule has 1 saturated heterocycles. The predicted octanol–water partition coefficient (Wildman–Crippen LogP) is 2.55.